The largest absolute Gasteiger partial charge is 0.462 e. The molecule has 0 saturated carbocycles. The van der Waals surface area contributed by atoms with Crippen molar-refractivity contribution in [1.29, 1.82) is 0 Å². The van der Waals surface area contributed by atoms with Crippen molar-refractivity contribution in [3.05, 3.63) is 71.5 Å². The first kappa shape index (κ1) is 18.0. The van der Waals surface area contributed by atoms with Gasteiger partial charge in [0.1, 0.15) is 11.9 Å². The SMILES string of the molecule is C[C@@H]1C[C@](c2ccccc2F)(C(F)F)N=C(NC(=O)c2ccccc2)O1. The minimum atomic E-state index is -2.98. The number of amides is 1. The number of halogens is 3. The van der Waals surface area contributed by atoms with Crippen LogP contribution in [0.5, 0.6) is 0 Å². The molecule has 2 aromatic rings. The summed E-state index contributed by atoms with van der Waals surface area (Å²) >= 11 is 0. The van der Waals surface area contributed by atoms with Gasteiger partial charge in [-0.15, -0.1) is 0 Å². The van der Waals surface area contributed by atoms with Crippen LogP contribution in [0.1, 0.15) is 29.3 Å². The number of nitrogens with one attached hydrogen (secondary N) is 1. The molecule has 0 fully saturated rings. The zero-order valence-corrected chi connectivity index (χ0v) is 14.0. The average Bonchev–Trinajstić information content (AvgIpc) is 2.62. The summed E-state index contributed by atoms with van der Waals surface area (Å²) in [5.41, 5.74) is -2.02. The maximum atomic E-state index is 14.2. The summed E-state index contributed by atoms with van der Waals surface area (Å²) in [5, 5.41) is 2.40. The number of rotatable bonds is 3. The van der Waals surface area contributed by atoms with E-state index in [2.05, 4.69) is 10.3 Å². The van der Waals surface area contributed by atoms with Crippen LogP contribution < -0.4 is 5.32 Å². The number of hydrogen-bond donors (Lipinski definition) is 1. The van der Waals surface area contributed by atoms with Crippen LogP contribution in [0.15, 0.2) is 59.6 Å². The predicted octanol–water partition coefficient (Wildman–Crippen LogP) is 3.88. The molecule has 4 nitrogen and oxygen atoms in total. The maximum absolute atomic E-state index is 14.2. The second kappa shape index (κ2) is 7.19. The van der Waals surface area contributed by atoms with E-state index in [1.165, 1.54) is 18.2 Å². The van der Waals surface area contributed by atoms with Crippen LogP contribution in [-0.2, 0) is 10.3 Å². The molecular weight excluding hydrogens is 345 g/mol. The molecule has 1 aliphatic heterocycles. The fourth-order valence-corrected chi connectivity index (χ4v) is 2.98. The zero-order chi connectivity index (χ0) is 18.7. The molecule has 2 aromatic carbocycles. The lowest BCUT2D eigenvalue weighted by Gasteiger charge is -2.36. The average molecular weight is 362 g/mol. The fourth-order valence-electron chi connectivity index (χ4n) is 2.98. The molecular formula is C19H17F3N2O2. The quantitative estimate of drug-likeness (QED) is 0.901. The van der Waals surface area contributed by atoms with E-state index >= 15 is 0 Å². The highest BCUT2D eigenvalue weighted by atomic mass is 19.3. The van der Waals surface area contributed by atoms with Crippen molar-refractivity contribution < 1.29 is 22.7 Å². The number of nitrogens with zero attached hydrogens (tertiary/aromatic N) is 1. The van der Waals surface area contributed by atoms with Crippen LogP contribution in [0.25, 0.3) is 0 Å². The van der Waals surface area contributed by atoms with E-state index < -0.39 is 29.8 Å². The van der Waals surface area contributed by atoms with Crippen molar-refractivity contribution in [2.24, 2.45) is 4.99 Å². The van der Waals surface area contributed by atoms with Crippen molar-refractivity contribution in [1.82, 2.24) is 5.32 Å². The van der Waals surface area contributed by atoms with Gasteiger partial charge in [0, 0.05) is 17.5 Å². The summed E-state index contributed by atoms with van der Waals surface area (Å²) in [7, 11) is 0. The Kier molecular flexibility index (Phi) is 4.97. The Morgan fingerprint density at radius 2 is 1.85 bits per heavy atom. The molecule has 0 radical (unpaired) electrons. The van der Waals surface area contributed by atoms with Gasteiger partial charge in [0.25, 0.3) is 18.4 Å². The molecule has 1 aliphatic rings. The zero-order valence-electron chi connectivity index (χ0n) is 14.0. The third-order valence-electron chi connectivity index (χ3n) is 4.17. The van der Waals surface area contributed by atoms with Crippen molar-refractivity contribution >= 4 is 11.9 Å². The Labute approximate surface area is 148 Å². The number of aliphatic imine (C=N–C) groups is 1. The summed E-state index contributed by atoms with van der Waals surface area (Å²) in [6.45, 7) is 1.57. The third-order valence-corrected chi connectivity index (χ3v) is 4.17. The standard InChI is InChI=1S/C19H17F3N2O2/c1-12-11-19(17(21)22,14-9-5-6-10-15(14)20)24-18(26-12)23-16(25)13-7-3-2-4-8-13/h2-10,12,17H,11H2,1H3,(H,23,24,25)/t12-,19+/m1/s1. The van der Waals surface area contributed by atoms with E-state index in [1.54, 1.807) is 37.3 Å². The number of amidine groups is 1. The molecule has 1 heterocycles. The molecule has 0 saturated heterocycles. The summed E-state index contributed by atoms with van der Waals surface area (Å²) in [6.07, 6.45) is -3.88. The number of alkyl halides is 2. The molecule has 2 atom stereocenters. The molecule has 0 aromatic heterocycles. The Hall–Kier alpha value is -2.83. The third kappa shape index (κ3) is 3.42. The minimum Gasteiger partial charge on any atom is -0.462 e. The normalized spacial score (nSPS) is 22.5. The second-order valence-electron chi connectivity index (χ2n) is 6.07. The Bertz CT molecular complexity index is 827. The summed E-state index contributed by atoms with van der Waals surface area (Å²) in [5.74, 6) is -1.32. The number of carbonyl (C=O) groups is 1. The van der Waals surface area contributed by atoms with Gasteiger partial charge in [-0.3, -0.25) is 10.1 Å². The number of hydrogen-bond acceptors (Lipinski definition) is 3. The first-order valence-corrected chi connectivity index (χ1v) is 8.08. The molecule has 0 unspecified atom stereocenters. The summed E-state index contributed by atoms with van der Waals surface area (Å²) in [4.78, 5) is 16.2. The van der Waals surface area contributed by atoms with Crippen molar-refractivity contribution in [3.63, 3.8) is 0 Å². The first-order chi connectivity index (χ1) is 12.4. The van der Waals surface area contributed by atoms with E-state index in [-0.39, 0.29) is 18.0 Å². The fraction of sp³-hybridized carbons (Fsp3) is 0.263. The molecule has 1 N–H and O–H groups in total. The summed E-state index contributed by atoms with van der Waals surface area (Å²) < 4.78 is 47.7. The highest BCUT2D eigenvalue weighted by molar-refractivity contribution is 6.04. The van der Waals surface area contributed by atoms with Crippen molar-refractivity contribution in [2.45, 2.75) is 31.4 Å². The molecule has 0 bridgehead atoms. The highest BCUT2D eigenvalue weighted by Crippen LogP contribution is 2.41. The van der Waals surface area contributed by atoms with Crippen molar-refractivity contribution in [3.8, 4) is 0 Å². The molecule has 26 heavy (non-hydrogen) atoms. The van der Waals surface area contributed by atoms with E-state index in [9.17, 15) is 18.0 Å². The number of benzene rings is 2. The lowest BCUT2D eigenvalue weighted by atomic mass is 9.84. The van der Waals surface area contributed by atoms with Gasteiger partial charge in [0.2, 0.25) is 0 Å². The first-order valence-electron chi connectivity index (χ1n) is 8.08. The van der Waals surface area contributed by atoms with E-state index in [0.29, 0.717) is 5.56 Å². The molecule has 0 spiro atoms. The molecule has 0 aliphatic carbocycles. The Morgan fingerprint density at radius 3 is 2.50 bits per heavy atom. The van der Waals surface area contributed by atoms with Crippen LogP contribution >= 0.6 is 0 Å². The minimum absolute atomic E-state index is 0.212. The van der Waals surface area contributed by atoms with Gasteiger partial charge in [-0.05, 0) is 25.1 Å². The van der Waals surface area contributed by atoms with Gasteiger partial charge < -0.3 is 4.74 Å². The van der Waals surface area contributed by atoms with Gasteiger partial charge >= 0.3 is 0 Å². The smallest absolute Gasteiger partial charge is 0.293 e. The monoisotopic (exact) mass is 362 g/mol. The van der Waals surface area contributed by atoms with Crippen LogP contribution in [0.3, 0.4) is 0 Å². The maximum Gasteiger partial charge on any atom is 0.293 e. The Balaban J connectivity index is 1.99. The van der Waals surface area contributed by atoms with E-state index in [0.717, 1.165) is 6.07 Å². The van der Waals surface area contributed by atoms with Crippen LogP contribution in [0.4, 0.5) is 13.2 Å². The van der Waals surface area contributed by atoms with Gasteiger partial charge in [0.15, 0.2) is 5.54 Å². The highest BCUT2D eigenvalue weighted by Gasteiger charge is 2.48. The van der Waals surface area contributed by atoms with Gasteiger partial charge in [-0.25, -0.2) is 18.2 Å². The molecule has 7 heteroatoms. The molecule has 1 amide bonds. The van der Waals surface area contributed by atoms with E-state index in [4.69, 9.17) is 4.74 Å². The lowest BCUT2D eigenvalue weighted by Crippen LogP contribution is -2.47. The van der Waals surface area contributed by atoms with Gasteiger partial charge in [0.05, 0.1) is 0 Å². The molecule has 136 valence electrons. The predicted molar refractivity (Wildman–Crippen MR) is 90.6 cm³/mol. The lowest BCUT2D eigenvalue weighted by molar-refractivity contribution is 0.00381. The van der Waals surface area contributed by atoms with Gasteiger partial charge in [-0.1, -0.05) is 36.4 Å². The Morgan fingerprint density at radius 1 is 1.19 bits per heavy atom. The topological polar surface area (TPSA) is 50.7 Å². The van der Waals surface area contributed by atoms with Gasteiger partial charge in [-0.2, -0.15) is 0 Å². The van der Waals surface area contributed by atoms with Crippen LogP contribution in [0.2, 0.25) is 0 Å². The van der Waals surface area contributed by atoms with Crippen LogP contribution in [0, 0.1) is 5.82 Å². The molecule has 3 rings (SSSR count). The van der Waals surface area contributed by atoms with E-state index in [1.807, 2.05) is 0 Å². The number of carbonyl (C=O) groups excluding carboxylic acids is 1. The summed E-state index contributed by atoms with van der Waals surface area (Å²) in [6, 6.07) is 13.2. The van der Waals surface area contributed by atoms with Crippen LogP contribution in [-0.4, -0.2) is 24.5 Å². The van der Waals surface area contributed by atoms with Crippen molar-refractivity contribution in [2.75, 3.05) is 0 Å². The number of ether oxygens (including phenoxy) is 1. The second-order valence-corrected chi connectivity index (χ2v) is 6.07.